The van der Waals surface area contributed by atoms with Gasteiger partial charge in [0.25, 0.3) is 0 Å². The van der Waals surface area contributed by atoms with E-state index in [9.17, 15) is 35.1 Å². The first-order valence-electron chi connectivity index (χ1n) is 33.8. The number of carbonyl (C=O) groups excluding carboxylic acids is 2. The number of rotatable bonds is 58. The summed E-state index contributed by atoms with van der Waals surface area (Å²) in [5.41, 5.74) is 0. The number of unbranched alkanes of at least 4 members (excludes halogenated alkanes) is 40. The molecule has 11 nitrogen and oxygen atoms in total. The molecule has 11 heteroatoms. The Morgan fingerprint density at radius 3 is 1.27 bits per heavy atom. The van der Waals surface area contributed by atoms with Crippen molar-refractivity contribution in [3.05, 3.63) is 36.5 Å². The van der Waals surface area contributed by atoms with E-state index in [1.165, 1.54) is 205 Å². The van der Waals surface area contributed by atoms with Crippen molar-refractivity contribution in [2.24, 2.45) is 0 Å². The summed E-state index contributed by atoms with van der Waals surface area (Å²) in [6.45, 7) is 5.76. The number of amides is 1. The monoisotopic (exact) mass is 1120 g/mol. The van der Waals surface area contributed by atoms with E-state index in [0.717, 1.165) is 70.6 Å². The number of nitrogens with one attached hydrogen (secondary N) is 1. The summed E-state index contributed by atoms with van der Waals surface area (Å²) >= 11 is 0. The largest absolute Gasteiger partial charge is 0.454 e. The highest BCUT2D eigenvalue weighted by atomic mass is 16.7. The average Bonchev–Trinajstić information content (AvgIpc) is 3.44. The van der Waals surface area contributed by atoms with Crippen LogP contribution in [0.25, 0.3) is 0 Å². The van der Waals surface area contributed by atoms with Crippen LogP contribution in [-0.4, -0.2) is 99.6 Å². The van der Waals surface area contributed by atoms with Gasteiger partial charge in [-0.15, -0.1) is 0 Å². The Bertz CT molecular complexity index is 1420. The van der Waals surface area contributed by atoms with Gasteiger partial charge >= 0.3 is 5.97 Å². The maximum absolute atomic E-state index is 13.4. The topological polar surface area (TPSA) is 175 Å². The van der Waals surface area contributed by atoms with Crippen LogP contribution in [0.3, 0.4) is 0 Å². The normalized spacial score (nSPS) is 19.0. The fraction of sp³-hybridized carbons (Fsp3) is 0.882. The Morgan fingerprint density at radius 2 is 0.848 bits per heavy atom. The minimum Gasteiger partial charge on any atom is -0.454 e. The van der Waals surface area contributed by atoms with Gasteiger partial charge in [-0.1, -0.05) is 282 Å². The lowest BCUT2D eigenvalue weighted by molar-refractivity contribution is -0.305. The van der Waals surface area contributed by atoms with Gasteiger partial charge in [-0.2, -0.15) is 0 Å². The highest BCUT2D eigenvalue weighted by Crippen LogP contribution is 2.26. The molecule has 0 saturated carbocycles. The summed E-state index contributed by atoms with van der Waals surface area (Å²) in [5, 5.41) is 57.0. The van der Waals surface area contributed by atoms with Crippen LogP contribution < -0.4 is 5.32 Å². The Labute approximate surface area is 485 Å². The van der Waals surface area contributed by atoms with Gasteiger partial charge in [-0.25, -0.2) is 0 Å². The predicted octanol–water partition coefficient (Wildman–Crippen LogP) is 16.6. The van der Waals surface area contributed by atoms with Crippen molar-refractivity contribution in [1.29, 1.82) is 0 Å². The number of allylic oxidation sites excluding steroid dienone is 5. The molecule has 1 amide bonds. The molecular formula is C68H127NO10. The average molecular weight is 1120 g/mol. The van der Waals surface area contributed by atoms with E-state index >= 15 is 0 Å². The van der Waals surface area contributed by atoms with Crippen LogP contribution >= 0.6 is 0 Å². The van der Waals surface area contributed by atoms with Crippen molar-refractivity contribution in [2.45, 2.75) is 372 Å². The zero-order valence-corrected chi connectivity index (χ0v) is 51.5. The molecule has 0 aromatic rings. The summed E-state index contributed by atoms with van der Waals surface area (Å²) in [6, 6.07) is -1.02. The molecule has 1 fully saturated rings. The molecule has 0 aliphatic carbocycles. The summed E-state index contributed by atoms with van der Waals surface area (Å²) in [7, 11) is 0. The third kappa shape index (κ3) is 44.1. The van der Waals surface area contributed by atoms with Gasteiger partial charge in [0, 0.05) is 6.42 Å². The maximum atomic E-state index is 13.4. The number of ether oxygens (including phenoxy) is 3. The molecule has 0 bridgehead atoms. The first-order chi connectivity index (χ1) is 38.7. The summed E-state index contributed by atoms with van der Waals surface area (Å²) in [4.78, 5) is 26.5. The molecule has 1 heterocycles. The lowest BCUT2D eigenvalue weighted by Gasteiger charge is -2.41. The molecule has 0 aromatic carbocycles. The van der Waals surface area contributed by atoms with E-state index in [2.05, 4.69) is 50.4 Å². The van der Waals surface area contributed by atoms with Crippen molar-refractivity contribution in [3.63, 3.8) is 0 Å². The van der Waals surface area contributed by atoms with Gasteiger partial charge in [-0.05, 0) is 70.6 Å². The zero-order valence-electron chi connectivity index (χ0n) is 51.5. The Balaban J connectivity index is 2.51. The standard InChI is InChI=1S/C68H127NO10/c1-4-7-10-13-16-19-22-24-25-26-27-28-29-30-31-32-33-34-35-36-37-39-41-44-47-50-53-56-63(73)79-66-65(75)64(74)62(57-70)78-68(66)77-58-59(60(71)54-51-48-45-43-40-38-23-20-17-14-11-8-5-2)69-67(76)61(72)55-52-49-46-42-21-18-15-12-9-6-3/h15,18,24-25,51,54,59-62,64-66,68,70-72,74-75H,4-14,16-17,19-23,26-50,52-53,55-58H2,1-3H3,(H,69,76)/b18-15-,25-24+,54-51+. The van der Waals surface area contributed by atoms with Gasteiger partial charge in [0.15, 0.2) is 12.4 Å². The first kappa shape index (κ1) is 74.9. The SMILES string of the molecule is CCCC/C=C\CCCCCCC(O)C(=O)NC(COC1OC(CO)C(O)C(O)C1OC(=O)CCCCCCCCCCCCCCCCCCC/C=C/CCCCCCCC)C(O)/C=C/CCCCCCCCCCCCC. The number of carbonyl (C=O) groups is 2. The second-order valence-corrected chi connectivity index (χ2v) is 23.6. The Morgan fingerprint density at radius 1 is 0.481 bits per heavy atom. The molecule has 79 heavy (non-hydrogen) atoms. The lowest BCUT2D eigenvalue weighted by Crippen LogP contribution is -2.61. The number of hydrogen-bond donors (Lipinski definition) is 6. The Kier molecular flexibility index (Phi) is 53.4. The van der Waals surface area contributed by atoms with Crippen molar-refractivity contribution in [2.75, 3.05) is 13.2 Å². The molecule has 1 aliphatic heterocycles. The number of aliphatic hydroxyl groups is 5. The number of esters is 1. The molecule has 464 valence electrons. The molecule has 1 rings (SSSR count). The fourth-order valence-electron chi connectivity index (χ4n) is 10.6. The molecule has 0 aromatic heterocycles. The predicted molar refractivity (Wildman–Crippen MR) is 329 cm³/mol. The molecule has 0 radical (unpaired) electrons. The van der Waals surface area contributed by atoms with E-state index in [0.29, 0.717) is 12.8 Å². The summed E-state index contributed by atoms with van der Waals surface area (Å²) < 4.78 is 17.6. The van der Waals surface area contributed by atoms with Crippen LogP contribution in [0.1, 0.15) is 323 Å². The van der Waals surface area contributed by atoms with Gasteiger partial charge in [0.2, 0.25) is 5.91 Å². The second kappa shape index (κ2) is 56.4. The highest BCUT2D eigenvalue weighted by molar-refractivity contribution is 5.80. The van der Waals surface area contributed by atoms with E-state index < -0.39 is 67.4 Å². The van der Waals surface area contributed by atoms with Crippen LogP contribution in [0.15, 0.2) is 36.5 Å². The third-order valence-corrected chi connectivity index (χ3v) is 16.0. The molecular weight excluding hydrogens is 991 g/mol. The maximum Gasteiger partial charge on any atom is 0.306 e. The molecule has 0 spiro atoms. The second-order valence-electron chi connectivity index (χ2n) is 23.6. The van der Waals surface area contributed by atoms with Crippen LogP contribution in [0.5, 0.6) is 0 Å². The van der Waals surface area contributed by atoms with Gasteiger partial charge in [-0.3, -0.25) is 9.59 Å². The zero-order chi connectivity index (χ0) is 57.5. The fourth-order valence-corrected chi connectivity index (χ4v) is 10.6. The number of aliphatic hydroxyl groups excluding tert-OH is 5. The van der Waals surface area contributed by atoms with Gasteiger partial charge < -0.3 is 45.1 Å². The summed E-state index contributed by atoms with van der Waals surface area (Å²) in [6.07, 6.45) is 57.8. The van der Waals surface area contributed by atoms with Crippen LogP contribution in [0.4, 0.5) is 0 Å². The number of hydrogen-bond acceptors (Lipinski definition) is 10. The smallest absolute Gasteiger partial charge is 0.306 e. The van der Waals surface area contributed by atoms with Crippen molar-refractivity contribution < 1.29 is 49.3 Å². The molecule has 1 aliphatic rings. The van der Waals surface area contributed by atoms with Crippen molar-refractivity contribution >= 4 is 11.9 Å². The molecule has 6 N–H and O–H groups in total. The van der Waals surface area contributed by atoms with Crippen molar-refractivity contribution in [3.8, 4) is 0 Å². The quantitative estimate of drug-likeness (QED) is 0.0195. The van der Waals surface area contributed by atoms with Gasteiger partial charge in [0.1, 0.15) is 24.4 Å². The molecule has 8 unspecified atom stereocenters. The lowest BCUT2D eigenvalue weighted by atomic mass is 9.99. The molecule has 8 atom stereocenters. The minimum atomic E-state index is -1.61. The third-order valence-electron chi connectivity index (χ3n) is 16.0. The highest BCUT2D eigenvalue weighted by Gasteiger charge is 2.47. The van der Waals surface area contributed by atoms with E-state index in [1.54, 1.807) is 6.08 Å². The van der Waals surface area contributed by atoms with Crippen molar-refractivity contribution in [1.82, 2.24) is 5.32 Å². The van der Waals surface area contributed by atoms with E-state index in [-0.39, 0.29) is 19.4 Å². The first-order valence-corrected chi connectivity index (χ1v) is 33.8. The van der Waals surface area contributed by atoms with Gasteiger partial charge in [0.05, 0.1) is 25.4 Å². The van der Waals surface area contributed by atoms with Crippen LogP contribution in [0, 0.1) is 0 Å². The van der Waals surface area contributed by atoms with Crippen LogP contribution in [0.2, 0.25) is 0 Å². The van der Waals surface area contributed by atoms with E-state index in [1.807, 2.05) is 6.08 Å². The van der Waals surface area contributed by atoms with Crippen LogP contribution in [-0.2, 0) is 23.8 Å². The minimum absolute atomic E-state index is 0.127. The van der Waals surface area contributed by atoms with E-state index in [4.69, 9.17) is 14.2 Å². The summed E-state index contributed by atoms with van der Waals surface area (Å²) in [5.74, 6) is -1.19. The molecule has 1 saturated heterocycles. The Hall–Kier alpha value is -2.12.